The van der Waals surface area contributed by atoms with Crippen molar-refractivity contribution < 1.29 is 19.4 Å². The minimum atomic E-state index is -0.867. The van der Waals surface area contributed by atoms with Gasteiger partial charge in [0.15, 0.2) is 0 Å². The van der Waals surface area contributed by atoms with Crippen LogP contribution in [0, 0.1) is 5.92 Å². The summed E-state index contributed by atoms with van der Waals surface area (Å²) in [4.78, 5) is 22.2. The largest absolute Gasteiger partial charge is 0.481 e. The summed E-state index contributed by atoms with van der Waals surface area (Å²) in [6, 6.07) is -0.481. The third-order valence-corrected chi connectivity index (χ3v) is 2.17. The average Bonchev–Trinajstić information content (AvgIpc) is 2.47. The lowest BCUT2D eigenvalue weighted by Crippen LogP contribution is -2.37. The molecule has 86 valence electrons. The van der Waals surface area contributed by atoms with Crippen molar-refractivity contribution in [2.24, 2.45) is 5.92 Å². The van der Waals surface area contributed by atoms with E-state index in [1.807, 2.05) is 0 Å². The maximum absolute atomic E-state index is 11.6. The second-order valence-corrected chi connectivity index (χ2v) is 4.77. The highest BCUT2D eigenvalue weighted by atomic mass is 16.6. The molecule has 0 aromatic rings. The Morgan fingerprint density at radius 1 is 1.40 bits per heavy atom. The number of carboxylic acid groups (broad SMARTS) is 1. The number of ether oxygens (including phenoxy) is 1. The van der Waals surface area contributed by atoms with Crippen LogP contribution in [0.25, 0.3) is 0 Å². The summed E-state index contributed by atoms with van der Waals surface area (Å²) in [5.74, 6) is -1.72. The Hall–Kier alpha value is -1.10. The Balaban J connectivity index is 2.47. The lowest BCUT2D eigenvalue weighted by molar-refractivity contribution is -0.157. The predicted molar refractivity (Wildman–Crippen MR) is 53.4 cm³/mol. The molecule has 15 heavy (non-hydrogen) atoms. The molecule has 1 rings (SSSR count). The molecule has 0 amide bonds. The Bertz CT molecular complexity index is 269. The standard InChI is InChI=1S/C10H17NO4/c1-10(2,3)15-9(14)7-4-6(5-11-7)8(12)13/h6-7,11H,4-5H2,1-3H3,(H,12,13)/t6-,7-/m0/s1. The first-order valence-corrected chi connectivity index (χ1v) is 4.98. The van der Waals surface area contributed by atoms with Crippen molar-refractivity contribution in [1.82, 2.24) is 5.32 Å². The smallest absolute Gasteiger partial charge is 0.323 e. The number of carbonyl (C=O) groups excluding carboxylic acids is 1. The van der Waals surface area contributed by atoms with Gasteiger partial charge < -0.3 is 15.2 Å². The van der Waals surface area contributed by atoms with E-state index in [2.05, 4.69) is 5.32 Å². The summed E-state index contributed by atoms with van der Waals surface area (Å²) >= 11 is 0. The molecule has 1 heterocycles. The number of nitrogens with one attached hydrogen (secondary N) is 1. The number of aliphatic carboxylic acids is 1. The van der Waals surface area contributed by atoms with Crippen LogP contribution in [-0.2, 0) is 14.3 Å². The summed E-state index contributed by atoms with van der Waals surface area (Å²) in [5, 5.41) is 11.6. The van der Waals surface area contributed by atoms with Gasteiger partial charge in [0.05, 0.1) is 5.92 Å². The average molecular weight is 215 g/mol. The molecule has 0 unspecified atom stereocenters. The zero-order valence-corrected chi connectivity index (χ0v) is 9.24. The second kappa shape index (κ2) is 4.18. The van der Waals surface area contributed by atoms with Crippen LogP contribution >= 0.6 is 0 Å². The molecule has 0 bridgehead atoms. The van der Waals surface area contributed by atoms with Gasteiger partial charge in [-0.3, -0.25) is 9.59 Å². The molecule has 0 aromatic heterocycles. The molecule has 0 aliphatic carbocycles. The van der Waals surface area contributed by atoms with Gasteiger partial charge in [-0.2, -0.15) is 0 Å². The summed E-state index contributed by atoms with van der Waals surface area (Å²) in [5.41, 5.74) is -0.528. The fourth-order valence-corrected chi connectivity index (χ4v) is 1.48. The lowest BCUT2D eigenvalue weighted by atomic mass is 10.1. The van der Waals surface area contributed by atoms with Gasteiger partial charge in [0, 0.05) is 6.54 Å². The van der Waals surface area contributed by atoms with E-state index in [4.69, 9.17) is 9.84 Å². The van der Waals surface area contributed by atoms with Gasteiger partial charge in [-0.15, -0.1) is 0 Å². The van der Waals surface area contributed by atoms with E-state index in [9.17, 15) is 9.59 Å². The molecule has 2 atom stereocenters. The topological polar surface area (TPSA) is 75.6 Å². The Morgan fingerprint density at radius 2 is 2.00 bits per heavy atom. The third kappa shape index (κ3) is 3.51. The molecule has 0 radical (unpaired) electrons. The predicted octanol–water partition coefficient (Wildman–Crippen LogP) is 0.391. The van der Waals surface area contributed by atoms with E-state index in [1.165, 1.54) is 0 Å². The maximum Gasteiger partial charge on any atom is 0.323 e. The van der Waals surface area contributed by atoms with E-state index < -0.39 is 23.5 Å². The fraction of sp³-hybridized carbons (Fsp3) is 0.800. The normalized spacial score (nSPS) is 26.3. The fourth-order valence-electron chi connectivity index (χ4n) is 1.48. The van der Waals surface area contributed by atoms with Crippen molar-refractivity contribution in [2.75, 3.05) is 6.54 Å². The summed E-state index contributed by atoms with van der Waals surface area (Å²) in [6.07, 6.45) is 0.310. The molecule has 1 saturated heterocycles. The second-order valence-electron chi connectivity index (χ2n) is 4.77. The lowest BCUT2D eigenvalue weighted by Gasteiger charge is -2.21. The van der Waals surface area contributed by atoms with E-state index in [0.29, 0.717) is 13.0 Å². The number of hydrogen-bond acceptors (Lipinski definition) is 4. The first-order chi connectivity index (χ1) is 6.79. The van der Waals surface area contributed by atoms with Crippen molar-refractivity contribution in [3.8, 4) is 0 Å². The van der Waals surface area contributed by atoms with Crippen molar-refractivity contribution in [1.29, 1.82) is 0 Å². The zero-order chi connectivity index (χ0) is 11.6. The van der Waals surface area contributed by atoms with Crippen LogP contribution in [0.4, 0.5) is 0 Å². The Morgan fingerprint density at radius 3 is 2.40 bits per heavy atom. The van der Waals surface area contributed by atoms with Crippen LogP contribution in [0.3, 0.4) is 0 Å². The minimum Gasteiger partial charge on any atom is -0.481 e. The summed E-state index contributed by atoms with van der Waals surface area (Å²) in [6.45, 7) is 5.69. The first kappa shape index (κ1) is 12.0. The van der Waals surface area contributed by atoms with Crippen molar-refractivity contribution >= 4 is 11.9 Å². The monoisotopic (exact) mass is 215 g/mol. The highest BCUT2D eigenvalue weighted by Crippen LogP contribution is 2.17. The third-order valence-electron chi connectivity index (χ3n) is 2.17. The van der Waals surface area contributed by atoms with E-state index in [1.54, 1.807) is 20.8 Å². The molecule has 5 nitrogen and oxygen atoms in total. The molecular weight excluding hydrogens is 198 g/mol. The molecule has 0 saturated carbocycles. The van der Waals surface area contributed by atoms with Gasteiger partial charge in [0.2, 0.25) is 0 Å². The van der Waals surface area contributed by atoms with Gasteiger partial charge in [-0.05, 0) is 27.2 Å². The number of esters is 1. The van der Waals surface area contributed by atoms with Gasteiger partial charge in [0.1, 0.15) is 11.6 Å². The van der Waals surface area contributed by atoms with Gasteiger partial charge in [0.25, 0.3) is 0 Å². The highest BCUT2D eigenvalue weighted by molar-refractivity contribution is 5.79. The van der Waals surface area contributed by atoms with E-state index >= 15 is 0 Å². The molecule has 0 aromatic carbocycles. The number of carboxylic acids is 1. The SMILES string of the molecule is CC(C)(C)OC(=O)[C@@H]1C[C@H](C(=O)O)CN1. The van der Waals surface area contributed by atoms with Crippen molar-refractivity contribution in [3.63, 3.8) is 0 Å². The number of carbonyl (C=O) groups is 2. The highest BCUT2D eigenvalue weighted by Gasteiger charge is 2.35. The van der Waals surface area contributed by atoms with Crippen LogP contribution < -0.4 is 5.32 Å². The van der Waals surface area contributed by atoms with Crippen LogP contribution in [0.2, 0.25) is 0 Å². The van der Waals surface area contributed by atoms with Crippen LogP contribution in [0.15, 0.2) is 0 Å². The first-order valence-electron chi connectivity index (χ1n) is 4.98. The van der Waals surface area contributed by atoms with E-state index in [0.717, 1.165) is 0 Å². The molecule has 2 N–H and O–H groups in total. The molecule has 1 aliphatic heterocycles. The number of hydrogen-bond donors (Lipinski definition) is 2. The summed E-state index contributed by atoms with van der Waals surface area (Å²) in [7, 11) is 0. The quantitative estimate of drug-likeness (QED) is 0.652. The molecule has 1 fully saturated rings. The van der Waals surface area contributed by atoms with Crippen molar-refractivity contribution in [2.45, 2.75) is 38.8 Å². The zero-order valence-electron chi connectivity index (χ0n) is 9.24. The van der Waals surface area contributed by atoms with Gasteiger partial charge in [-0.25, -0.2) is 0 Å². The van der Waals surface area contributed by atoms with Gasteiger partial charge >= 0.3 is 11.9 Å². The molecular formula is C10H17NO4. The minimum absolute atomic E-state index is 0.310. The van der Waals surface area contributed by atoms with E-state index in [-0.39, 0.29) is 5.97 Å². The number of rotatable bonds is 2. The maximum atomic E-state index is 11.6. The molecule has 5 heteroatoms. The Kier molecular flexibility index (Phi) is 3.34. The van der Waals surface area contributed by atoms with Crippen LogP contribution in [0.5, 0.6) is 0 Å². The molecule has 0 spiro atoms. The molecule has 1 aliphatic rings. The van der Waals surface area contributed by atoms with Crippen LogP contribution in [-0.4, -0.2) is 35.2 Å². The van der Waals surface area contributed by atoms with Crippen molar-refractivity contribution in [3.05, 3.63) is 0 Å². The van der Waals surface area contributed by atoms with Gasteiger partial charge in [-0.1, -0.05) is 0 Å². The van der Waals surface area contributed by atoms with Crippen LogP contribution in [0.1, 0.15) is 27.2 Å². The Labute approximate surface area is 88.8 Å². The summed E-state index contributed by atoms with van der Waals surface area (Å²) < 4.78 is 5.16.